The number of rotatable bonds is 4. The van der Waals surface area contributed by atoms with Crippen LogP contribution in [0.1, 0.15) is 19.4 Å². The number of carbonyl (C=O) groups is 2. The van der Waals surface area contributed by atoms with Gasteiger partial charge in [-0.1, -0.05) is 12.1 Å². The minimum atomic E-state index is -0.550. The number of carbonyl (C=O) groups excluding carboxylic acids is 2. The molecule has 23 heavy (non-hydrogen) atoms. The number of benzene rings is 1. The topological polar surface area (TPSA) is 59.1 Å². The van der Waals surface area contributed by atoms with Gasteiger partial charge in [0, 0.05) is 26.2 Å². The molecule has 0 aromatic heterocycles. The average Bonchev–Trinajstić information content (AvgIpc) is 2.54. The van der Waals surface area contributed by atoms with Crippen molar-refractivity contribution >= 4 is 12.0 Å². The summed E-state index contributed by atoms with van der Waals surface area (Å²) >= 11 is 0. The SMILES string of the molecule is CCOC(=O)N1CCN(C(=O)C(C)Oc2cccc(C)c2)CC1. The zero-order valence-electron chi connectivity index (χ0n) is 13.9. The highest BCUT2D eigenvalue weighted by Gasteiger charge is 2.28. The fraction of sp³-hybridized carbons (Fsp3) is 0.529. The van der Waals surface area contributed by atoms with Crippen LogP contribution in [0.15, 0.2) is 24.3 Å². The van der Waals surface area contributed by atoms with Gasteiger partial charge < -0.3 is 19.3 Å². The lowest BCUT2D eigenvalue weighted by molar-refractivity contribution is -0.139. The van der Waals surface area contributed by atoms with Crippen molar-refractivity contribution in [2.24, 2.45) is 0 Å². The van der Waals surface area contributed by atoms with Gasteiger partial charge in [0.05, 0.1) is 6.61 Å². The molecule has 1 aromatic rings. The van der Waals surface area contributed by atoms with E-state index in [1.807, 2.05) is 31.2 Å². The highest BCUT2D eigenvalue weighted by molar-refractivity contribution is 5.81. The summed E-state index contributed by atoms with van der Waals surface area (Å²) in [6.45, 7) is 7.85. The van der Waals surface area contributed by atoms with E-state index in [0.717, 1.165) is 5.56 Å². The number of piperazine rings is 1. The Morgan fingerprint density at radius 2 is 1.83 bits per heavy atom. The van der Waals surface area contributed by atoms with Crippen LogP contribution in [0.4, 0.5) is 4.79 Å². The van der Waals surface area contributed by atoms with Gasteiger partial charge in [-0.3, -0.25) is 4.79 Å². The van der Waals surface area contributed by atoms with Crippen LogP contribution < -0.4 is 4.74 Å². The molecule has 1 atom stereocenters. The van der Waals surface area contributed by atoms with Crippen LogP contribution in [-0.2, 0) is 9.53 Å². The number of hydrogen-bond acceptors (Lipinski definition) is 4. The first kappa shape index (κ1) is 17.1. The smallest absolute Gasteiger partial charge is 0.409 e. The molecule has 0 bridgehead atoms. The Morgan fingerprint density at radius 3 is 2.43 bits per heavy atom. The maximum atomic E-state index is 12.5. The third kappa shape index (κ3) is 4.61. The maximum absolute atomic E-state index is 12.5. The van der Waals surface area contributed by atoms with Crippen molar-refractivity contribution in [1.29, 1.82) is 0 Å². The first-order chi connectivity index (χ1) is 11.0. The third-order valence-corrected chi connectivity index (χ3v) is 3.77. The van der Waals surface area contributed by atoms with Crippen molar-refractivity contribution < 1.29 is 19.1 Å². The average molecular weight is 320 g/mol. The minimum absolute atomic E-state index is 0.0602. The van der Waals surface area contributed by atoms with Crippen molar-refractivity contribution in [2.45, 2.75) is 26.9 Å². The molecule has 1 aliphatic rings. The molecule has 126 valence electrons. The second kappa shape index (κ2) is 7.85. The lowest BCUT2D eigenvalue weighted by atomic mass is 10.2. The summed E-state index contributed by atoms with van der Waals surface area (Å²) in [6, 6.07) is 7.63. The molecule has 6 heteroatoms. The molecule has 0 saturated carbocycles. The molecule has 0 spiro atoms. The fourth-order valence-corrected chi connectivity index (χ4v) is 2.52. The molecule has 1 fully saturated rings. The summed E-state index contributed by atoms with van der Waals surface area (Å²) in [7, 11) is 0. The monoisotopic (exact) mass is 320 g/mol. The van der Waals surface area contributed by atoms with Crippen molar-refractivity contribution in [1.82, 2.24) is 9.80 Å². The number of nitrogens with zero attached hydrogens (tertiary/aromatic N) is 2. The lowest BCUT2D eigenvalue weighted by Gasteiger charge is -2.35. The van der Waals surface area contributed by atoms with Crippen molar-refractivity contribution in [2.75, 3.05) is 32.8 Å². The highest BCUT2D eigenvalue weighted by atomic mass is 16.6. The van der Waals surface area contributed by atoms with E-state index in [1.54, 1.807) is 23.6 Å². The van der Waals surface area contributed by atoms with Crippen molar-refractivity contribution in [3.63, 3.8) is 0 Å². The molecule has 1 heterocycles. The van der Waals surface area contributed by atoms with Gasteiger partial charge in [-0.15, -0.1) is 0 Å². The van der Waals surface area contributed by atoms with Crippen LogP contribution in [0.3, 0.4) is 0 Å². The fourth-order valence-electron chi connectivity index (χ4n) is 2.52. The zero-order valence-corrected chi connectivity index (χ0v) is 13.9. The summed E-state index contributed by atoms with van der Waals surface area (Å²) in [5.74, 6) is 0.631. The third-order valence-electron chi connectivity index (χ3n) is 3.77. The number of amides is 2. The Kier molecular flexibility index (Phi) is 5.84. The Labute approximate surface area is 137 Å². The van der Waals surface area contributed by atoms with Gasteiger partial charge in [0.1, 0.15) is 5.75 Å². The zero-order chi connectivity index (χ0) is 16.8. The molecular weight excluding hydrogens is 296 g/mol. The number of ether oxygens (including phenoxy) is 2. The van der Waals surface area contributed by atoms with E-state index in [1.165, 1.54) is 0 Å². The van der Waals surface area contributed by atoms with Crippen LogP contribution in [0, 0.1) is 6.92 Å². The van der Waals surface area contributed by atoms with E-state index in [0.29, 0.717) is 38.5 Å². The summed E-state index contributed by atoms with van der Waals surface area (Å²) in [5.41, 5.74) is 1.09. The second-order valence-electron chi connectivity index (χ2n) is 5.59. The number of aryl methyl sites for hydroxylation is 1. The Balaban J connectivity index is 1.85. The molecule has 0 N–H and O–H groups in total. The molecular formula is C17H24N2O4. The van der Waals surface area contributed by atoms with E-state index < -0.39 is 6.10 Å². The normalized spacial score (nSPS) is 16.0. The van der Waals surface area contributed by atoms with Gasteiger partial charge in [0.15, 0.2) is 6.10 Å². The predicted octanol–water partition coefficient (Wildman–Crippen LogP) is 2.06. The lowest BCUT2D eigenvalue weighted by Crippen LogP contribution is -2.53. The summed E-state index contributed by atoms with van der Waals surface area (Å²) in [5, 5.41) is 0. The highest BCUT2D eigenvalue weighted by Crippen LogP contribution is 2.15. The van der Waals surface area contributed by atoms with Crippen molar-refractivity contribution in [3.05, 3.63) is 29.8 Å². The Bertz CT molecular complexity index is 553. The first-order valence-corrected chi connectivity index (χ1v) is 7.95. The van der Waals surface area contributed by atoms with Gasteiger partial charge in [-0.2, -0.15) is 0 Å². The summed E-state index contributed by atoms with van der Waals surface area (Å²) in [4.78, 5) is 27.5. The van der Waals surface area contributed by atoms with Gasteiger partial charge in [-0.25, -0.2) is 4.79 Å². The van der Waals surface area contributed by atoms with E-state index in [4.69, 9.17) is 9.47 Å². The standard InChI is InChI=1S/C17H24N2O4/c1-4-22-17(21)19-10-8-18(9-11-19)16(20)14(3)23-15-7-5-6-13(2)12-15/h5-7,12,14H,4,8-11H2,1-3H3. The first-order valence-electron chi connectivity index (χ1n) is 7.95. The minimum Gasteiger partial charge on any atom is -0.481 e. The summed E-state index contributed by atoms with van der Waals surface area (Å²) < 4.78 is 10.7. The van der Waals surface area contributed by atoms with Crippen molar-refractivity contribution in [3.8, 4) is 5.75 Å². The maximum Gasteiger partial charge on any atom is 0.409 e. The van der Waals surface area contributed by atoms with E-state index in [-0.39, 0.29) is 12.0 Å². The number of hydrogen-bond donors (Lipinski definition) is 0. The molecule has 1 aromatic carbocycles. The predicted molar refractivity (Wildman–Crippen MR) is 86.4 cm³/mol. The van der Waals surface area contributed by atoms with Crippen LogP contribution in [0.25, 0.3) is 0 Å². The van der Waals surface area contributed by atoms with Crippen LogP contribution in [0.2, 0.25) is 0 Å². The molecule has 6 nitrogen and oxygen atoms in total. The van der Waals surface area contributed by atoms with Crippen LogP contribution in [-0.4, -0.2) is 60.7 Å². The van der Waals surface area contributed by atoms with E-state index in [9.17, 15) is 9.59 Å². The molecule has 1 unspecified atom stereocenters. The molecule has 2 amide bonds. The Hall–Kier alpha value is -2.24. The molecule has 1 aliphatic heterocycles. The quantitative estimate of drug-likeness (QED) is 0.852. The molecule has 0 radical (unpaired) electrons. The van der Waals surface area contributed by atoms with E-state index >= 15 is 0 Å². The van der Waals surface area contributed by atoms with Gasteiger partial charge in [0.25, 0.3) is 5.91 Å². The molecule has 1 saturated heterocycles. The van der Waals surface area contributed by atoms with Gasteiger partial charge >= 0.3 is 6.09 Å². The van der Waals surface area contributed by atoms with E-state index in [2.05, 4.69) is 0 Å². The van der Waals surface area contributed by atoms with Gasteiger partial charge in [-0.05, 0) is 38.5 Å². The second-order valence-corrected chi connectivity index (χ2v) is 5.59. The molecule has 0 aliphatic carbocycles. The largest absolute Gasteiger partial charge is 0.481 e. The van der Waals surface area contributed by atoms with Crippen LogP contribution >= 0.6 is 0 Å². The summed E-state index contributed by atoms with van der Waals surface area (Å²) in [6.07, 6.45) is -0.866. The van der Waals surface area contributed by atoms with Gasteiger partial charge in [0.2, 0.25) is 0 Å². The Morgan fingerprint density at radius 1 is 1.17 bits per heavy atom. The van der Waals surface area contributed by atoms with Crippen LogP contribution in [0.5, 0.6) is 5.75 Å². The molecule has 2 rings (SSSR count).